The number of rotatable bonds is 26. The first-order valence-electron chi connectivity index (χ1n) is 25.6. The van der Waals surface area contributed by atoms with E-state index in [1.165, 1.54) is 140 Å². The Morgan fingerprint density at radius 1 is 0.348 bits per heavy atom. The molecule has 0 saturated heterocycles. The molecular formula is C58H76N4O4. The van der Waals surface area contributed by atoms with Gasteiger partial charge in [0, 0.05) is 43.9 Å². The molecule has 0 amide bonds. The van der Waals surface area contributed by atoms with Crippen molar-refractivity contribution >= 4 is 22.3 Å². The molecule has 66 heavy (non-hydrogen) atoms. The van der Waals surface area contributed by atoms with E-state index < -0.39 is 0 Å². The van der Waals surface area contributed by atoms with Crippen LogP contribution in [0.25, 0.3) is 22.3 Å². The highest BCUT2D eigenvalue weighted by Crippen LogP contribution is 2.42. The van der Waals surface area contributed by atoms with E-state index in [2.05, 4.69) is 58.0 Å². The van der Waals surface area contributed by atoms with Crippen LogP contribution >= 0.6 is 0 Å². The van der Waals surface area contributed by atoms with Crippen molar-refractivity contribution < 1.29 is 20.4 Å². The summed E-state index contributed by atoms with van der Waals surface area (Å²) in [5, 5.41) is 48.7. The molecule has 0 atom stereocenters. The molecule has 4 aromatic heterocycles. The third-order valence-corrected chi connectivity index (χ3v) is 13.7. The zero-order valence-corrected chi connectivity index (χ0v) is 39.8. The number of fused-ring (bicyclic) bond motifs is 8. The van der Waals surface area contributed by atoms with Gasteiger partial charge in [-0.15, -0.1) is 0 Å². The van der Waals surface area contributed by atoms with Crippen molar-refractivity contribution in [2.24, 2.45) is 0 Å². The SMILES string of the molecule is CCCCCCCCCCCCCC1=c2ccc([nH]2)=C(c2cccc(O)c2)c2[nH]c(c(O)c2O)C(c2cccc(O)c2)=c2ccc([nH]2)=C(CCCCCCCCCCCCC)c2ccc1[nH]2. The largest absolute Gasteiger partial charge is 0.508 e. The van der Waals surface area contributed by atoms with Crippen molar-refractivity contribution in [2.45, 2.75) is 168 Å². The standard InChI is InChI=1S/C58H76N4O4/c1-3-5-7-9-11-13-15-17-19-21-23-31-45-47-33-34-48(59-47)46(32-24-22-20-18-16-14-12-10-8-6-4-2)50-36-38-52(61-50)54(42-28-26-30-44(64)40-42)56-58(66)57(65)55(62-56)53(51-37-35-49(45)60-51)41-27-25-29-43(63)39-41/h25-30,33-40,59-66H,3-24,31-32H2,1-2H3. The summed E-state index contributed by atoms with van der Waals surface area (Å²) in [4.78, 5) is 14.8. The molecule has 8 bridgehead atoms. The third-order valence-electron chi connectivity index (χ3n) is 13.7. The van der Waals surface area contributed by atoms with Gasteiger partial charge in [0.25, 0.3) is 0 Å². The van der Waals surface area contributed by atoms with Gasteiger partial charge in [0.05, 0.1) is 11.4 Å². The quantitative estimate of drug-likeness (QED) is 0.0256. The van der Waals surface area contributed by atoms with Gasteiger partial charge < -0.3 is 40.4 Å². The van der Waals surface area contributed by atoms with Gasteiger partial charge in [0.15, 0.2) is 11.5 Å². The van der Waals surface area contributed by atoms with E-state index in [9.17, 15) is 20.4 Å². The summed E-state index contributed by atoms with van der Waals surface area (Å²) >= 11 is 0. The minimum Gasteiger partial charge on any atom is -0.508 e. The summed E-state index contributed by atoms with van der Waals surface area (Å²) in [6.45, 7) is 4.55. The first-order chi connectivity index (χ1) is 32.4. The van der Waals surface area contributed by atoms with Crippen molar-refractivity contribution in [3.8, 4) is 23.0 Å². The van der Waals surface area contributed by atoms with Crippen LogP contribution in [0.4, 0.5) is 0 Å². The number of phenols is 2. The Bertz CT molecular complexity index is 2530. The van der Waals surface area contributed by atoms with Crippen LogP contribution in [0.15, 0.2) is 84.9 Å². The zero-order chi connectivity index (χ0) is 46.1. The number of H-pyrrole nitrogens is 4. The molecule has 0 unspecified atom stereocenters. The highest BCUT2D eigenvalue weighted by Gasteiger charge is 2.25. The number of nitrogens with one attached hydrogen (secondary N) is 4. The Morgan fingerprint density at radius 2 is 0.697 bits per heavy atom. The highest BCUT2D eigenvalue weighted by atomic mass is 16.3. The zero-order valence-electron chi connectivity index (χ0n) is 39.8. The van der Waals surface area contributed by atoms with Crippen LogP contribution in [0.2, 0.25) is 0 Å². The molecule has 2 aromatic carbocycles. The lowest BCUT2D eigenvalue weighted by molar-refractivity contribution is 0.406. The summed E-state index contributed by atoms with van der Waals surface area (Å²) < 4.78 is 0. The summed E-state index contributed by atoms with van der Waals surface area (Å²) in [6, 6.07) is 26.7. The van der Waals surface area contributed by atoms with Crippen LogP contribution in [0.5, 0.6) is 23.0 Å². The fourth-order valence-corrected chi connectivity index (χ4v) is 9.98. The average molecular weight is 893 g/mol. The summed E-state index contributed by atoms with van der Waals surface area (Å²) in [7, 11) is 0. The topological polar surface area (TPSA) is 144 Å². The van der Waals surface area contributed by atoms with Crippen molar-refractivity contribution in [1.29, 1.82) is 0 Å². The molecule has 0 saturated carbocycles. The summed E-state index contributed by atoms with van der Waals surface area (Å²) in [5.41, 5.74) is 7.66. The molecule has 0 radical (unpaired) electrons. The Morgan fingerprint density at radius 3 is 1.06 bits per heavy atom. The van der Waals surface area contributed by atoms with E-state index >= 15 is 0 Å². The van der Waals surface area contributed by atoms with E-state index in [0.717, 1.165) is 58.5 Å². The number of benzene rings is 2. The number of aromatic amines is 4. The van der Waals surface area contributed by atoms with Crippen LogP contribution in [0.1, 0.15) is 202 Å². The van der Waals surface area contributed by atoms with Crippen molar-refractivity contribution in [1.82, 2.24) is 19.9 Å². The smallest absolute Gasteiger partial charge is 0.184 e. The number of phenolic OH excluding ortho intramolecular Hbond substituents is 2. The van der Waals surface area contributed by atoms with Gasteiger partial charge in [-0.3, -0.25) is 0 Å². The van der Waals surface area contributed by atoms with Crippen molar-refractivity contribution in [3.63, 3.8) is 0 Å². The molecule has 352 valence electrons. The molecule has 6 aromatic rings. The van der Waals surface area contributed by atoms with Gasteiger partial charge in [-0.1, -0.05) is 167 Å². The average Bonchev–Trinajstić information content (AvgIpc) is 4.15. The van der Waals surface area contributed by atoms with Gasteiger partial charge in [-0.2, -0.15) is 0 Å². The molecular weight excluding hydrogens is 817 g/mol. The molecule has 8 N–H and O–H groups in total. The monoisotopic (exact) mass is 893 g/mol. The maximum absolute atomic E-state index is 11.9. The molecule has 5 heterocycles. The second-order valence-corrected chi connectivity index (χ2v) is 18.8. The van der Waals surface area contributed by atoms with Crippen LogP contribution in [-0.2, 0) is 0 Å². The van der Waals surface area contributed by atoms with Gasteiger partial charge in [-0.05, 0) is 109 Å². The van der Waals surface area contributed by atoms with Gasteiger partial charge in [0.1, 0.15) is 11.5 Å². The first-order valence-corrected chi connectivity index (χ1v) is 25.6. The van der Waals surface area contributed by atoms with E-state index in [4.69, 9.17) is 0 Å². The summed E-state index contributed by atoms with van der Waals surface area (Å²) in [6.07, 6.45) is 30.0. The second kappa shape index (κ2) is 24.7. The minimum absolute atomic E-state index is 0.0863. The Labute approximate surface area is 392 Å². The van der Waals surface area contributed by atoms with Crippen LogP contribution in [0.3, 0.4) is 0 Å². The van der Waals surface area contributed by atoms with E-state index in [1.807, 2.05) is 24.3 Å². The van der Waals surface area contributed by atoms with Gasteiger partial charge >= 0.3 is 0 Å². The van der Waals surface area contributed by atoms with Crippen LogP contribution in [-0.4, -0.2) is 40.4 Å². The Balaban J connectivity index is 1.29. The van der Waals surface area contributed by atoms with Gasteiger partial charge in [-0.25, -0.2) is 0 Å². The van der Waals surface area contributed by atoms with Crippen molar-refractivity contribution in [3.05, 3.63) is 140 Å². The van der Waals surface area contributed by atoms with E-state index in [1.54, 1.807) is 36.4 Å². The second-order valence-electron chi connectivity index (χ2n) is 18.8. The third kappa shape index (κ3) is 12.6. The Hall–Kier alpha value is -5.76. The number of aromatic hydroxyl groups is 4. The molecule has 0 spiro atoms. The molecule has 1 aliphatic rings. The predicted molar refractivity (Wildman–Crippen MR) is 272 cm³/mol. The number of aromatic nitrogens is 4. The molecule has 0 fully saturated rings. The number of hydrogen-bond acceptors (Lipinski definition) is 4. The fourth-order valence-electron chi connectivity index (χ4n) is 9.98. The lowest BCUT2D eigenvalue weighted by Gasteiger charge is -2.10. The lowest BCUT2D eigenvalue weighted by atomic mass is 10.0. The van der Waals surface area contributed by atoms with E-state index in [-0.39, 0.29) is 23.0 Å². The maximum Gasteiger partial charge on any atom is 0.184 e. The van der Waals surface area contributed by atoms with Crippen LogP contribution < -0.4 is 21.4 Å². The van der Waals surface area contributed by atoms with Crippen LogP contribution in [0, 0.1) is 0 Å². The fraction of sp³-hybridized carbons (Fsp3) is 0.448. The molecule has 8 nitrogen and oxygen atoms in total. The number of hydrogen-bond donors (Lipinski definition) is 8. The highest BCUT2D eigenvalue weighted by molar-refractivity contribution is 5.88. The normalized spacial score (nSPS) is 12.8. The number of unbranched alkanes of at least 4 members (excludes halogenated alkanes) is 20. The van der Waals surface area contributed by atoms with Gasteiger partial charge in [0.2, 0.25) is 0 Å². The molecule has 8 heteroatoms. The predicted octanol–water partition coefficient (Wildman–Crippen LogP) is 12.4. The van der Waals surface area contributed by atoms with E-state index in [0.29, 0.717) is 33.7 Å². The molecule has 1 aliphatic heterocycles. The minimum atomic E-state index is -0.310. The maximum atomic E-state index is 11.9. The molecule has 7 rings (SSSR count). The molecule has 0 aliphatic carbocycles. The Kier molecular flexibility index (Phi) is 18.0. The lowest BCUT2D eigenvalue weighted by Crippen LogP contribution is -2.18. The first kappa shape index (κ1) is 48.2. The summed E-state index contributed by atoms with van der Waals surface area (Å²) in [5.74, 6) is -0.446. The van der Waals surface area contributed by atoms with Crippen molar-refractivity contribution in [2.75, 3.05) is 0 Å².